The molecule has 1 nitrogen and oxygen atoms in total. The Balaban J connectivity index is 2.09. The molecule has 1 heterocycles. The van der Waals surface area contributed by atoms with Crippen molar-refractivity contribution in [3.05, 3.63) is 55.1 Å². The van der Waals surface area contributed by atoms with Crippen molar-refractivity contribution in [1.29, 1.82) is 0 Å². The lowest BCUT2D eigenvalue weighted by Gasteiger charge is -2.20. The first-order chi connectivity index (χ1) is 9.70. The summed E-state index contributed by atoms with van der Waals surface area (Å²) >= 11 is 9.05. The van der Waals surface area contributed by atoms with Gasteiger partial charge in [0.25, 0.3) is 0 Å². The number of rotatable bonds is 7. The van der Waals surface area contributed by atoms with Crippen LogP contribution in [0.5, 0.6) is 0 Å². The quantitative estimate of drug-likeness (QED) is 0.588. The van der Waals surface area contributed by atoms with Gasteiger partial charge in [-0.3, -0.25) is 0 Å². The van der Waals surface area contributed by atoms with Crippen molar-refractivity contribution in [2.24, 2.45) is 0 Å². The fraction of sp³-hybridized carbons (Fsp3) is 0.375. The van der Waals surface area contributed by atoms with Gasteiger partial charge in [-0.05, 0) is 54.9 Å². The molecule has 1 aromatic heterocycles. The van der Waals surface area contributed by atoms with E-state index in [9.17, 15) is 0 Å². The van der Waals surface area contributed by atoms with Gasteiger partial charge in [0.2, 0.25) is 0 Å². The number of hydrogen-bond acceptors (Lipinski definition) is 2. The highest BCUT2D eigenvalue weighted by Crippen LogP contribution is 2.30. The highest BCUT2D eigenvalue weighted by atomic mass is 79.9. The molecule has 0 saturated heterocycles. The molecule has 2 aromatic rings. The third-order valence-corrected chi connectivity index (χ3v) is 5.35. The Labute approximate surface area is 142 Å². The molecule has 1 aromatic carbocycles. The van der Waals surface area contributed by atoms with Crippen molar-refractivity contribution < 1.29 is 0 Å². The van der Waals surface area contributed by atoms with E-state index in [1.807, 2.05) is 11.3 Å². The molecule has 1 atom stereocenters. The van der Waals surface area contributed by atoms with Crippen LogP contribution in [0.25, 0.3) is 0 Å². The molecule has 0 aliphatic rings. The van der Waals surface area contributed by atoms with Crippen LogP contribution < -0.4 is 5.32 Å². The fourth-order valence-electron chi connectivity index (χ4n) is 2.21. The Morgan fingerprint density at radius 2 is 2.10 bits per heavy atom. The van der Waals surface area contributed by atoms with Gasteiger partial charge in [0.05, 0.1) is 0 Å². The number of halogens is 2. The van der Waals surface area contributed by atoms with Crippen molar-refractivity contribution in [3.63, 3.8) is 0 Å². The summed E-state index contributed by atoms with van der Waals surface area (Å²) < 4.78 is 2.28. The van der Waals surface area contributed by atoms with Gasteiger partial charge in [-0.2, -0.15) is 0 Å². The summed E-state index contributed by atoms with van der Waals surface area (Å²) in [6.07, 6.45) is 3.41. The molecule has 4 heteroatoms. The molecule has 0 aliphatic heterocycles. The van der Waals surface area contributed by atoms with Crippen molar-refractivity contribution in [2.45, 2.75) is 32.2 Å². The van der Waals surface area contributed by atoms with Gasteiger partial charge in [-0.15, -0.1) is 11.3 Å². The molecule has 0 radical (unpaired) electrons. The number of nitrogens with one attached hydrogen (secondary N) is 1. The zero-order valence-corrected chi connectivity index (χ0v) is 15.5. The lowest BCUT2D eigenvalue weighted by Crippen LogP contribution is -2.23. The molecule has 0 amide bonds. The Morgan fingerprint density at radius 3 is 2.75 bits per heavy atom. The van der Waals surface area contributed by atoms with E-state index >= 15 is 0 Å². The number of thiophene rings is 1. The third-order valence-electron chi connectivity index (χ3n) is 3.24. The molecule has 0 fully saturated rings. The predicted molar refractivity (Wildman–Crippen MR) is 95.5 cm³/mol. The van der Waals surface area contributed by atoms with Crippen LogP contribution in [0.1, 0.15) is 36.2 Å². The second-order valence-corrected chi connectivity index (χ2v) is 7.59. The van der Waals surface area contributed by atoms with E-state index in [1.54, 1.807) is 0 Å². The first-order valence-corrected chi connectivity index (χ1v) is 9.38. The molecular weight excluding hydrogens is 398 g/mol. The highest BCUT2D eigenvalue weighted by Gasteiger charge is 2.14. The van der Waals surface area contributed by atoms with E-state index in [4.69, 9.17) is 0 Å². The second-order valence-electron chi connectivity index (χ2n) is 4.79. The zero-order valence-electron chi connectivity index (χ0n) is 11.5. The molecule has 0 bridgehead atoms. The number of aryl methyl sites for hydroxylation is 1. The molecular formula is C16H19Br2NS. The summed E-state index contributed by atoms with van der Waals surface area (Å²) in [6, 6.07) is 11.2. The second kappa shape index (κ2) is 8.32. The van der Waals surface area contributed by atoms with E-state index < -0.39 is 0 Å². The SMILES string of the molecule is CCCNC(CCc1cccs1)c1ccc(Br)cc1Br. The standard InChI is InChI=1S/C16H19Br2NS/c1-2-9-19-16(8-6-13-4-3-10-20-13)14-7-5-12(17)11-15(14)18/h3-5,7,10-11,16,19H,2,6,8-9H2,1H3. The highest BCUT2D eigenvalue weighted by molar-refractivity contribution is 9.11. The topological polar surface area (TPSA) is 12.0 Å². The summed E-state index contributed by atoms with van der Waals surface area (Å²) in [5.74, 6) is 0. The Morgan fingerprint density at radius 1 is 1.25 bits per heavy atom. The number of benzene rings is 1. The summed E-state index contributed by atoms with van der Waals surface area (Å²) in [5.41, 5.74) is 1.35. The van der Waals surface area contributed by atoms with Crippen LogP contribution >= 0.6 is 43.2 Å². The van der Waals surface area contributed by atoms with Gasteiger partial charge in [-0.25, -0.2) is 0 Å². The average Bonchev–Trinajstić information content (AvgIpc) is 2.93. The summed E-state index contributed by atoms with van der Waals surface area (Å²) in [6.45, 7) is 3.26. The van der Waals surface area contributed by atoms with E-state index in [2.05, 4.69) is 79.8 Å². The maximum absolute atomic E-state index is 3.69. The molecule has 20 heavy (non-hydrogen) atoms. The monoisotopic (exact) mass is 415 g/mol. The maximum Gasteiger partial charge on any atom is 0.0334 e. The Kier molecular flexibility index (Phi) is 6.75. The van der Waals surface area contributed by atoms with E-state index in [1.165, 1.54) is 14.9 Å². The summed E-state index contributed by atoms with van der Waals surface area (Å²) in [4.78, 5) is 1.46. The smallest absolute Gasteiger partial charge is 0.0334 e. The van der Waals surface area contributed by atoms with Crippen LogP contribution in [-0.2, 0) is 6.42 Å². The normalized spacial score (nSPS) is 12.6. The van der Waals surface area contributed by atoms with Crippen molar-refractivity contribution in [2.75, 3.05) is 6.54 Å². The van der Waals surface area contributed by atoms with Gasteiger partial charge < -0.3 is 5.32 Å². The fourth-order valence-corrected chi connectivity index (χ4v) is 4.26. The first-order valence-electron chi connectivity index (χ1n) is 6.91. The Hall–Kier alpha value is -0.160. The predicted octanol–water partition coefficient (Wildman–Crippen LogP) is 5.95. The van der Waals surface area contributed by atoms with Crippen LogP contribution in [0.3, 0.4) is 0 Å². The molecule has 1 unspecified atom stereocenters. The van der Waals surface area contributed by atoms with Crippen LogP contribution in [-0.4, -0.2) is 6.54 Å². The van der Waals surface area contributed by atoms with E-state index in [0.29, 0.717) is 6.04 Å². The van der Waals surface area contributed by atoms with Gasteiger partial charge in [0, 0.05) is 19.9 Å². The van der Waals surface area contributed by atoms with Crippen molar-refractivity contribution in [3.8, 4) is 0 Å². The van der Waals surface area contributed by atoms with Crippen LogP contribution in [0, 0.1) is 0 Å². The zero-order chi connectivity index (χ0) is 14.4. The van der Waals surface area contributed by atoms with E-state index in [-0.39, 0.29) is 0 Å². The minimum Gasteiger partial charge on any atom is -0.310 e. The van der Waals surface area contributed by atoms with Gasteiger partial charge in [0.1, 0.15) is 0 Å². The minimum atomic E-state index is 0.402. The maximum atomic E-state index is 3.69. The first kappa shape index (κ1) is 16.2. The van der Waals surface area contributed by atoms with Gasteiger partial charge in [-0.1, -0.05) is 50.9 Å². The number of hydrogen-bond donors (Lipinski definition) is 1. The molecule has 0 aliphatic carbocycles. The van der Waals surface area contributed by atoms with Gasteiger partial charge in [0.15, 0.2) is 0 Å². The summed E-state index contributed by atoms with van der Waals surface area (Å²) in [7, 11) is 0. The van der Waals surface area contributed by atoms with Crippen molar-refractivity contribution in [1.82, 2.24) is 5.32 Å². The average molecular weight is 417 g/mol. The van der Waals surface area contributed by atoms with Crippen molar-refractivity contribution >= 4 is 43.2 Å². The molecule has 1 N–H and O–H groups in total. The lowest BCUT2D eigenvalue weighted by molar-refractivity contribution is 0.499. The largest absolute Gasteiger partial charge is 0.310 e. The van der Waals surface area contributed by atoms with Crippen LogP contribution in [0.4, 0.5) is 0 Å². The molecule has 0 saturated carbocycles. The van der Waals surface area contributed by atoms with E-state index in [0.717, 1.165) is 30.3 Å². The Bertz CT molecular complexity index is 525. The minimum absolute atomic E-state index is 0.402. The summed E-state index contributed by atoms with van der Waals surface area (Å²) in [5, 5.41) is 5.82. The molecule has 2 rings (SSSR count). The van der Waals surface area contributed by atoms with Crippen LogP contribution in [0.2, 0.25) is 0 Å². The molecule has 108 valence electrons. The third kappa shape index (κ3) is 4.69. The van der Waals surface area contributed by atoms with Crippen LogP contribution in [0.15, 0.2) is 44.7 Å². The molecule has 0 spiro atoms. The lowest BCUT2D eigenvalue weighted by atomic mass is 10.0. The van der Waals surface area contributed by atoms with Gasteiger partial charge >= 0.3 is 0 Å².